The third-order valence-electron chi connectivity index (χ3n) is 2.60. The van der Waals surface area contributed by atoms with Crippen LogP contribution in [0.15, 0.2) is 29.6 Å². The average Bonchev–Trinajstić information content (AvgIpc) is 2.74. The third kappa shape index (κ3) is 2.59. The number of ether oxygens (including phenoxy) is 1. The molecule has 1 atom stereocenters. The minimum Gasteiger partial charge on any atom is -0.496 e. The van der Waals surface area contributed by atoms with Gasteiger partial charge in [-0.1, -0.05) is 11.6 Å². The van der Waals surface area contributed by atoms with E-state index in [1.807, 2.05) is 17.5 Å². The lowest BCUT2D eigenvalue weighted by Crippen LogP contribution is -1.97. The summed E-state index contributed by atoms with van der Waals surface area (Å²) >= 11 is 14.2. The van der Waals surface area contributed by atoms with Crippen LogP contribution in [0.1, 0.15) is 21.4 Å². The molecule has 2 aromatic rings. The van der Waals surface area contributed by atoms with E-state index in [0.717, 1.165) is 16.2 Å². The van der Waals surface area contributed by atoms with Crippen molar-refractivity contribution in [1.82, 2.24) is 0 Å². The molecule has 0 aliphatic heterocycles. The maximum atomic E-state index is 6.51. The lowest BCUT2D eigenvalue weighted by atomic mass is 10.1. The van der Waals surface area contributed by atoms with Crippen LogP contribution in [0.3, 0.4) is 0 Å². The van der Waals surface area contributed by atoms with Gasteiger partial charge in [0.25, 0.3) is 0 Å². The third-order valence-corrected chi connectivity index (χ3v) is 4.50. The molecule has 0 N–H and O–H groups in total. The Morgan fingerprint density at radius 1 is 1.29 bits per heavy atom. The number of methoxy groups -OCH3 is 1. The first kappa shape index (κ1) is 12.7. The van der Waals surface area contributed by atoms with Crippen molar-refractivity contribution in [2.75, 3.05) is 7.11 Å². The van der Waals surface area contributed by atoms with Gasteiger partial charge in [-0.2, -0.15) is 0 Å². The first-order chi connectivity index (χ1) is 8.13. The number of halogens is 2. The maximum absolute atomic E-state index is 6.51. The highest BCUT2D eigenvalue weighted by Gasteiger charge is 2.18. The zero-order valence-electron chi connectivity index (χ0n) is 9.54. The van der Waals surface area contributed by atoms with Gasteiger partial charge in [-0.3, -0.25) is 0 Å². The summed E-state index contributed by atoms with van der Waals surface area (Å²) in [6.07, 6.45) is 0. The van der Waals surface area contributed by atoms with Crippen LogP contribution in [0.5, 0.6) is 5.75 Å². The molecule has 0 aliphatic rings. The van der Waals surface area contributed by atoms with Gasteiger partial charge >= 0.3 is 0 Å². The second-order valence-corrected chi connectivity index (χ2v) is 5.54. The molecule has 2 rings (SSSR count). The lowest BCUT2D eigenvalue weighted by molar-refractivity contribution is 0.410. The number of rotatable bonds is 3. The van der Waals surface area contributed by atoms with E-state index in [4.69, 9.17) is 27.9 Å². The van der Waals surface area contributed by atoms with E-state index in [2.05, 4.69) is 13.0 Å². The highest BCUT2D eigenvalue weighted by atomic mass is 35.5. The van der Waals surface area contributed by atoms with E-state index in [1.54, 1.807) is 24.5 Å². The molecule has 4 heteroatoms. The summed E-state index contributed by atoms with van der Waals surface area (Å²) in [5.41, 5.74) is 2.10. The van der Waals surface area contributed by atoms with Crippen molar-refractivity contribution in [1.29, 1.82) is 0 Å². The fraction of sp³-hybridized carbons (Fsp3) is 0.231. The van der Waals surface area contributed by atoms with Gasteiger partial charge in [0, 0.05) is 15.5 Å². The number of hydrogen-bond acceptors (Lipinski definition) is 2. The molecule has 0 saturated carbocycles. The summed E-state index contributed by atoms with van der Waals surface area (Å²) in [6.45, 7) is 2.05. The summed E-state index contributed by atoms with van der Waals surface area (Å²) in [7, 11) is 1.64. The summed E-state index contributed by atoms with van der Waals surface area (Å²) in [5.74, 6) is 0.766. The standard InChI is InChI=1S/C13H12Cl2OS/c1-8-5-6-17-13(8)12(15)10-7-9(14)3-4-11(10)16-2/h3-7,12H,1-2H3. The molecular formula is C13H12Cl2OS. The van der Waals surface area contributed by atoms with Crippen LogP contribution in [0, 0.1) is 6.92 Å². The quantitative estimate of drug-likeness (QED) is 0.718. The largest absolute Gasteiger partial charge is 0.496 e. The number of alkyl halides is 1. The van der Waals surface area contributed by atoms with E-state index < -0.39 is 0 Å². The summed E-state index contributed by atoms with van der Waals surface area (Å²) < 4.78 is 5.32. The van der Waals surface area contributed by atoms with E-state index in [9.17, 15) is 0 Å². The number of aryl methyl sites for hydroxylation is 1. The van der Waals surface area contributed by atoms with Gasteiger partial charge in [0.15, 0.2) is 0 Å². The van der Waals surface area contributed by atoms with E-state index in [0.29, 0.717) is 5.02 Å². The number of thiophene rings is 1. The lowest BCUT2D eigenvalue weighted by Gasteiger charge is -2.14. The van der Waals surface area contributed by atoms with E-state index in [1.165, 1.54) is 5.56 Å². The molecule has 0 aliphatic carbocycles. The molecule has 0 bridgehead atoms. The van der Waals surface area contributed by atoms with Crippen LogP contribution in [-0.4, -0.2) is 7.11 Å². The summed E-state index contributed by atoms with van der Waals surface area (Å²) in [6, 6.07) is 7.56. The zero-order valence-corrected chi connectivity index (χ0v) is 11.9. The topological polar surface area (TPSA) is 9.23 Å². The molecule has 1 nitrogen and oxygen atoms in total. The normalized spacial score (nSPS) is 12.5. The van der Waals surface area contributed by atoms with Gasteiger partial charge in [0.05, 0.1) is 12.5 Å². The second kappa shape index (κ2) is 5.30. The van der Waals surface area contributed by atoms with Gasteiger partial charge in [-0.05, 0) is 42.1 Å². The van der Waals surface area contributed by atoms with Crippen molar-refractivity contribution in [3.63, 3.8) is 0 Å². The van der Waals surface area contributed by atoms with Gasteiger partial charge in [-0.25, -0.2) is 0 Å². The molecule has 90 valence electrons. The van der Waals surface area contributed by atoms with Crippen molar-refractivity contribution in [3.8, 4) is 5.75 Å². The predicted octanol–water partition coefficient (Wildman–Crippen LogP) is 5.05. The van der Waals surface area contributed by atoms with Gasteiger partial charge in [0.2, 0.25) is 0 Å². The zero-order chi connectivity index (χ0) is 12.4. The maximum Gasteiger partial charge on any atom is 0.124 e. The molecule has 0 saturated heterocycles. The van der Waals surface area contributed by atoms with E-state index in [-0.39, 0.29) is 5.38 Å². The Labute approximate surface area is 115 Å². The van der Waals surface area contributed by atoms with Crippen LogP contribution in [0.2, 0.25) is 5.02 Å². The molecule has 0 fully saturated rings. The first-order valence-corrected chi connectivity index (χ1v) is 6.84. The van der Waals surface area contributed by atoms with Crippen LogP contribution in [0.25, 0.3) is 0 Å². The number of hydrogen-bond donors (Lipinski definition) is 0. The van der Waals surface area contributed by atoms with Crippen LogP contribution >= 0.6 is 34.5 Å². The SMILES string of the molecule is COc1ccc(Cl)cc1C(Cl)c1sccc1C. The number of benzene rings is 1. The van der Waals surface area contributed by atoms with Crippen LogP contribution in [-0.2, 0) is 0 Å². The molecule has 0 amide bonds. The van der Waals surface area contributed by atoms with Crippen molar-refractivity contribution in [2.45, 2.75) is 12.3 Å². The molecule has 1 heterocycles. The molecule has 1 aromatic carbocycles. The molecular weight excluding hydrogens is 275 g/mol. The Morgan fingerprint density at radius 3 is 2.65 bits per heavy atom. The average molecular weight is 287 g/mol. The Balaban J connectivity index is 2.46. The van der Waals surface area contributed by atoms with Crippen molar-refractivity contribution in [2.24, 2.45) is 0 Å². The fourth-order valence-corrected chi connectivity index (χ4v) is 3.29. The van der Waals surface area contributed by atoms with Crippen molar-refractivity contribution >= 4 is 34.5 Å². The predicted molar refractivity (Wildman–Crippen MR) is 74.8 cm³/mol. The minimum atomic E-state index is -0.219. The smallest absolute Gasteiger partial charge is 0.124 e. The van der Waals surface area contributed by atoms with Gasteiger partial charge < -0.3 is 4.74 Å². The summed E-state index contributed by atoms with van der Waals surface area (Å²) in [4.78, 5) is 1.13. The van der Waals surface area contributed by atoms with Gasteiger partial charge in [0.1, 0.15) is 5.75 Å². The highest BCUT2D eigenvalue weighted by molar-refractivity contribution is 7.10. The van der Waals surface area contributed by atoms with Crippen LogP contribution in [0.4, 0.5) is 0 Å². The Morgan fingerprint density at radius 2 is 2.06 bits per heavy atom. The van der Waals surface area contributed by atoms with Gasteiger partial charge in [-0.15, -0.1) is 22.9 Å². The van der Waals surface area contributed by atoms with E-state index >= 15 is 0 Å². The highest BCUT2D eigenvalue weighted by Crippen LogP contribution is 2.39. The van der Waals surface area contributed by atoms with Crippen molar-refractivity contribution < 1.29 is 4.74 Å². The van der Waals surface area contributed by atoms with Crippen molar-refractivity contribution in [3.05, 3.63) is 50.7 Å². The Kier molecular flexibility index (Phi) is 3.97. The second-order valence-electron chi connectivity index (χ2n) is 3.72. The minimum absolute atomic E-state index is 0.219. The first-order valence-electron chi connectivity index (χ1n) is 5.15. The Hall–Kier alpha value is -0.700. The Bertz CT molecular complexity index is 522. The van der Waals surface area contributed by atoms with Crippen LogP contribution < -0.4 is 4.74 Å². The molecule has 0 spiro atoms. The summed E-state index contributed by atoms with van der Waals surface area (Å²) in [5, 5.41) is 2.49. The molecule has 0 radical (unpaired) electrons. The molecule has 17 heavy (non-hydrogen) atoms. The fourth-order valence-electron chi connectivity index (χ4n) is 1.69. The monoisotopic (exact) mass is 286 g/mol. The molecule has 1 aromatic heterocycles. The molecule has 1 unspecified atom stereocenters.